The summed E-state index contributed by atoms with van der Waals surface area (Å²) in [6.07, 6.45) is 4.19. The molecule has 0 aliphatic carbocycles. The molecule has 0 heterocycles. The van der Waals surface area contributed by atoms with E-state index < -0.39 is 0 Å². The monoisotopic (exact) mass is 380 g/mol. The van der Waals surface area contributed by atoms with Crippen LogP contribution >= 0.6 is 0 Å². The average molecular weight is 382 g/mol. The maximum atomic E-state index is 2.20. The van der Waals surface area contributed by atoms with Crippen molar-refractivity contribution in [1.29, 1.82) is 0 Å². The maximum absolute atomic E-state index is 2.20. The van der Waals surface area contributed by atoms with E-state index in [-0.39, 0.29) is 51.0 Å². The maximum Gasteiger partial charge on any atom is 4.00 e. The first-order valence-corrected chi connectivity index (χ1v) is 5.85. The summed E-state index contributed by atoms with van der Waals surface area (Å²) in [7, 11) is 0. The summed E-state index contributed by atoms with van der Waals surface area (Å²) in [5, 5.41) is 2.65. The Morgan fingerprint density at radius 2 is 1.60 bits per heavy atom. The molecule has 0 radical (unpaired) electrons. The fraction of sp³-hybridized carbons (Fsp3) is 0.0588. The first-order chi connectivity index (χ1) is 8.40. The fourth-order valence-electron chi connectivity index (χ4n) is 1.78. The van der Waals surface area contributed by atoms with Crippen molar-refractivity contribution in [3.8, 4) is 0 Å². The van der Waals surface area contributed by atoms with E-state index in [2.05, 4.69) is 48.6 Å². The molecular formula is C17H16Cl2Zr. The first kappa shape index (κ1) is 21.7. The van der Waals surface area contributed by atoms with Crippen LogP contribution in [-0.2, 0) is 26.2 Å². The molecule has 3 aromatic carbocycles. The van der Waals surface area contributed by atoms with E-state index in [1.165, 1.54) is 16.3 Å². The van der Waals surface area contributed by atoms with Gasteiger partial charge in [-0.1, -0.05) is 25.1 Å². The van der Waals surface area contributed by atoms with E-state index in [4.69, 9.17) is 0 Å². The second-order valence-corrected chi connectivity index (χ2v) is 3.88. The van der Waals surface area contributed by atoms with Gasteiger partial charge in [0.1, 0.15) is 0 Å². The van der Waals surface area contributed by atoms with E-state index in [0.717, 1.165) is 0 Å². The minimum Gasteiger partial charge on any atom is -1.00 e. The molecule has 0 nitrogen and oxygen atoms in total. The number of halogens is 2. The molecule has 0 saturated heterocycles. The Morgan fingerprint density at radius 3 is 2.10 bits per heavy atom. The zero-order chi connectivity index (χ0) is 11.9. The molecule has 0 fully saturated rings. The van der Waals surface area contributed by atoms with Gasteiger partial charge >= 0.3 is 26.2 Å². The number of allylic oxidation sites excluding steroid dienone is 1. The van der Waals surface area contributed by atoms with E-state index in [1.54, 1.807) is 0 Å². The summed E-state index contributed by atoms with van der Waals surface area (Å²) >= 11 is 0. The molecule has 0 spiro atoms. The second-order valence-electron chi connectivity index (χ2n) is 3.88. The summed E-state index contributed by atoms with van der Waals surface area (Å²) in [4.78, 5) is 0. The van der Waals surface area contributed by atoms with Gasteiger partial charge in [0, 0.05) is 0 Å². The van der Waals surface area contributed by atoms with Crippen LogP contribution in [0.3, 0.4) is 0 Å². The molecule has 0 amide bonds. The van der Waals surface area contributed by atoms with Gasteiger partial charge < -0.3 is 24.8 Å². The SMILES string of the molecule is CC=Cc1cc2ccccc2[cH-]1.[Cl-].[Cl-].[Zr+4].c1cc[cH-]c1. The van der Waals surface area contributed by atoms with Crippen LogP contribution in [0.2, 0.25) is 0 Å². The molecule has 0 unspecified atom stereocenters. The van der Waals surface area contributed by atoms with E-state index in [9.17, 15) is 0 Å². The Hall–Kier alpha value is -0.617. The minimum absolute atomic E-state index is 0. The van der Waals surface area contributed by atoms with Gasteiger partial charge in [0.2, 0.25) is 0 Å². The van der Waals surface area contributed by atoms with Gasteiger partial charge in [-0.2, -0.15) is 18.2 Å². The third-order valence-electron chi connectivity index (χ3n) is 2.56. The number of hydrogen-bond donors (Lipinski definition) is 0. The number of benzene rings is 1. The van der Waals surface area contributed by atoms with Crippen LogP contribution < -0.4 is 24.8 Å². The van der Waals surface area contributed by atoms with Crippen LogP contribution in [0, 0.1) is 0 Å². The largest absolute Gasteiger partial charge is 4.00 e. The van der Waals surface area contributed by atoms with Crippen LogP contribution in [-0.4, -0.2) is 0 Å². The van der Waals surface area contributed by atoms with Crippen molar-refractivity contribution in [2.75, 3.05) is 0 Å². The Morgan fingerprint density at radius 1 is 0.950 bits per heavy atom. The summed E-state index contributed by atoms with van der Waals surface area (Å²) in [5.74, 6) is 0. The van der Waals surface area contributed by atoms with Crippen LogP contribution in [0.25, 0.3) is 16.8 Å². The predicted molar refractivity (Wildman–Crippen MR) is 76.3 cm³/mol. The van der Waals surface area contributed by atoms with Crippen LogP contribution in [0.1, 0.15) is 12.5 Å². The van der Waals surface area contributed by atoms with Crippen LogP contribution in [0.5, 0.6) is 0 Å². The molecular weight excluding hydrogens is 366 g/mol. The molecule has 0 aromatic heterocycles. The molecule has 102 valence electrons. The summed E-state index contributed by atoms with van der Waals surface area (Å²) in [6.45, 7) is 2.04. The van der Waals surface area contributed by atoms with Gasteiger partial charge in [0.05, 0.1) is 0 Å². The smallest absolute Gasteiger partial charge is 1.00 e. The van der Waals surface area contributed by atoms with E-state index in [1.807, 2.05) is 37.3 Å². The van der Waals surface area contributed by atoms with Crippen molar-refractivity contribution in [3.63, 3.8) is 0 Å². The summed E-state index contributed by atoms with van der Waals surface area (Å²) in [5.41, 5.74) is 1.29. The van der Waals surface area contributed by atoms with Crippen LogP contribution in [0.4, 0.5) is 0 Å². The Balaban J connectivity index is 0. The molecule has 0 bridgehead atoms. The zero-order valence-electron chi connectivity index (χ0n) is 11.3. The molecule has 3 heteroatoms. The second kappa shape index (κ2) is 12.1. The normalized spacial score (nSPS) is 8.85. The van der Waals surface area contributed by atoms with Gasteiger partial charge in [-0.15, -0.1) is 46.7 Å². The molecule has 0 atom stereocenters. The van der Waals surface area contributed by atoms with Gasteiger partial charge in [0.15, 0.2) is 0 Å². The minimum atomic E-state index is 0. The first-order valence-electron chi connectivity index (χ1n) is 5.85. The molecule has 20 heavy (non-hydrogen) atoms. The molecule has 3 aromatic rings. The third-order valence-corrected chi connectivity index (χ3v) is 2.56. The van der Waals surface area contributed by atoms with Crippen LogP contribution in [0.15, 0.2) is 72.8 Å². The predicted octanol–water partition coefficient (Wildman–Crippen LogP) is -0.997. The molecule has 0 N–H and O–H groups in total. The van der Waals surface area contributed by atoms with Crippen molar-refractivity contribution >= 4 is 16.8 Å². The topological polar surface area (TPSA) is 0 Å². The molecule has 3 rings (SSSR count). The Kier molecular flexibility index (Phi) is 13.2. The van der Waals surface area contributed by atoms with Gasteiger partial charge in [-0.05, 0) is 0 Å². The Bertz CT molecular complexity index is 530. The van der Waals surface area contributed by atoms with Crippen molar-refractivity contribution < 1.29 is 51.0 Å². The summed E-state index contributed by atoms with van der Waals surface area (Å²) < 4.78 is 0. The van der Waals surface area contributed by atoms with E-state index >= 15 is 0 Å². The van der Waals surface area contributed by atoms with Gasteiger partial charge in [-0.3, -0.25) is 0 Å². The van der Waals surface area contributed by atoms with Crippen molar-refractivity contribution in [2.45, 2.75) is 6.92 Å². The number of rotatable bonds is 1. The fourth-order valence-corrected chi connectivity index (χ4v) is 1.78. The third kappa shape index (κ3) is 6.70. The molecule has 0 aliphatic heterocycles. The quantitative estimate of drug-likeness (QED) is 0.474. The van der Waals surface area contributed by atoms with Crippen molar-refractivity contribution in [1.82, 2.24) is 0 Å². The average Bonchev–Trinajstić information content (AvgIpc) is 3.01. The Labute approximate surface area is 152 Å². The summed E-state index contributed by atoms with van der Waals surface area (Å²) in [6, 6.07) is 22.8. The van der Waals surface area contributed by atoms with Crippen molar-refractivity contribution in [2.24, 2.45) is 0 Å². The number of fused-ring (bicyclic) bond motifs is 1. The number of hydrogen-bond acceptors (Lipinski definition) is 0. The van der Waals surface area contributed by atoms with Gasteiger partial charge in [-0.25, -0.2) is 12.1 Å². The van der Waals surface area contributed by atoms with Crippen molar-refractivity contribution in [3.05, 3.63) is 78.4 Å². The molecule has 0 aliphatic rings. The molecule has 0 saturated carbocycles. The van der Waals surface area contributed by atoms with E-state index in [0.29, 0.717) is 0 Å². The zero-order valence-corrected chi connectivity index (χ0v) is 15.2. The standard InChI is InChI=1S/C12H11.C5H5.2ClH.Zr/c1-2-5-10-8-11-6-3-4-7-12(11)9-10;1-2-4-5-3-1;;;/h2-9H,1H3;1-5H;2*1H;/q2*-1;;;+4/p-2. The van der Waals surface area contributed by atoms with Gasteiger partial charge in [0.25, 0.3) is 0 Å².